The van der Waals surface area contributed by atoms with Crippen LogP contribution in [-0.4, -0.2) is 22.1 Å². The van der Waals surface area contributed by atoms with Gasteiger partial charge in [0.1, 0.15) is 0 Å². The molecule has 1 unspecified atom stereocenters. The topological polar surface area (TPSA) is 29.9 Å². The first-order valence-corrected chi connectivity index (χ1v) is 5.02. The van der Waals surface area contributed by atoms with Gasteiger partial charge in [0.15, 0.2) is 0 Å². The molecule has 0 aliphatic carbocycles. The molecule has 0 amide bonds. The molecule has 3 nitrogen and oxygen atoms in total. The van der Waals surface area contributed by atoms with Gasteiger partial charge in [0.25, 0.3) is 0 Å². The van der Waals surface area contributed by atoms with E-state index in [0.717, 1.165) is 13.1 Å². The maximum Gasteiger partial charge on any atom is 0.0945 e. The number of nitrogens with zero attached hydrogens (tertiary/aromatic N) is 2. The summed E-state index contributed by atoms with van der Waals surface area (Å²) >= 11 is 0. The molecule has 0 bridgehead atoms. The molecule has 3 heteroatoms. The van der Waals surface area contributed by atoms with Gasteiger partial charge in [0.2, 0.25) is 0 Å². The first kappa shape index (κ1) is 10.3. The summed E-state index contributed by atoms with van der Waals surface area (Å²) in [5, 5.41) is 3.40. The van der Waals surface area contributed by atoms with Gasteiger partial charge in [-0.3, -0.25) is 0 Å². The molecule has 0 radical (unpaired) electrons. The molecule has 0 aliphatic heterocycles. The van der Waals surface area contributed by atoms with Gasteiger partial charge in [-0.1, -0.05) is 6.92 Å². The zero-order valence-electron chi connectivity index (χ0n) is 8.53. The molecule has 0 saturated carbocycles. The average molecular weight is 181 g/mol. The number of hydrogen-bond acceptors (Lipinski definition) is 2. The van der Waals surface area contributed by atoms with Crippen molar-refractivity contribution in [2.45, 2.75) is 39.3 Å². The van der Waals surface area contributed by atoms with E-state index in [4.69, 9.17) is 0 Å². The minimum absolute atomic E-state index is 0.633. The standard InChI is InChI=1S/C10H19N3/c1-3-12-10(2)5-4-7-13-8-6-11-9-13/h6,8-10,12H,3-5,7H2,1-2H3. The Morgan fingerprint density at radius 2 is 2.38 bits per heavy atom. The number of nitrogens with one attached hydrogen (secondary N) is 1. The monoisotopic (exact) mass is 181 g/mol. The third kappa shape index (κ3) is 4.08. The molecule has 1 rings (SSSR count). The lowest BCUT2D eigenvalue weighted by Crippen LogP contribution is -2.25. The molecular weight excluding hydrogens is 162 g/mol. The van der Waals surface area contributed by atoms with Crippen LogP contribution in [0.25, 0.3) is 0 Å². The van der Waals surface area contributed by atoms with Crippen LogP contribution in [-0.2, 0) is 6.54 Å². The third-order valence-electron chi connectivity index (χ3n) is 2.17. The van der Waals surface area contributed by atoms with Gasteiger partial charge in [-0.2, -0.15) is 0 Å². The van der Waals surface area contributed by atoms with Gasteiger partial charge in [0, 0.05) is 25.0 Å². The maximum absolute atomic E-state index is 4.00. The van der Waals surface area contributed by atoms with E-state index in [2.05, 4.69) is 28.7 Å². The lowest BCUT2D eigenvalue weighted by Gasteiger charge is -2.11. The van der Waals surface area contributed by atoms with Crippen molar-refractivity contribution in [1.29, 1.82) is 0 Å². The highest BCUT2D eigenvalue weighted by Crippen LogP contribution is 1.99. The van der Waals surface area contributed by atoms with E-state index in [1.807, 2.05) is 18.7 Å². The van der Waals surface area contributed by atoms with E-state index in [0.29, 0.717) is 6.04 Å². The molecule has 0 fully saturated rings. The first-order chi connectivity index (χ1) is 6.33. The highest BCUT2D eigenvalue weighted by molar-refractivity contribution is 4.74. The molecule has 1 heterocycles. The predicted octanol–water partition coefficient (Wildman–Crippen LogP) is 1.66. The minimum Gasteiger partial charge on any atom is -0.337 e. The lowest BCUT2D eigenvalue weighted by atomic mass is 10.2. The van der Waals surface area contributed by atoms with Crippen LogP contribution in [0.15, 0.2) is 18.7 Å². The van der Waals surface area contributed by atoms with Crippen molar-refractivity contribution in [1.82, 2.24) is 14.9 Å². The Morgan fingerprint density at radius 1 is 1.54 bits per heavy atom. The van der Waals surface area contributed by atoms with Crippen molar-refractivity contribution < 1.29 is 0 Å². The number of aromatic nitrogens is 2. The van der Waals surface area contributed by atoms with Crippen molar-refractivity contribution in [2.75, 3.05) is 6.54 Å². The summed E-state index contributed by atoms with van der Waals surface area (Å²) in [5.41, 5.74) is 0. The SMILES string of the molecule is CCNC(C)CCCn1ccnc1. The Hall–Kier alpha value is -0.830. The van der Waals surface area contributed by atoms with E-state index in [1.165, 1.54) is 12.8 Å². The van der Waals surface area contributed by atoms with Gasteiger partial charge in [-0.15, -0.1) is 0 Å². The van der Waals surface area contributed by atoms with Crippen LogP contribution < -0.4 is 5.32 Å². The third-order valence-corrected chi connectivity index (χ3v) is 2.17. The van der Waals surface area contributed by atoms with Crippen LogP contribution in [0.3, 0.4) is 0 Å². The zero-order chi connectivity index (χ0) is 9.52. The van der Waals surface area contributed by atoms with Gasteiger partial charge in [0.05, 0.1) is 6.33 Å². The highest BCUT2D eigenvalue weighted by atomic mass is 15.0. The van der Waals surface area contributed by atoms with Crippen LogP contribution in [0.2, 0.25) is 0 Å². The number of rotatable bonds is 6. The molecule has 13 heavy (non-hydrogen) atoms. The number of hydrogen-bond donors (Lipinski definition) is 1. The Bertz CT molecular complexity index is 206. The molecule has 1 atom stereocenters. The van der Waals surface area contributed by atoms with Gasteiger partial charge in [-0.05, 0) is 26.3 Å². The average Bonchev–Trinajstić information content (AvgIpc) is 2.57. The first-order valence-electron chi connectivity index (χ1n) is 5.02. The predicted molar refractivity (Wildman–Crippen MR) is 54.6 cm³/mol. The molecule has 0 aromatic carbocycles. The van der Waals surface area contributed by atoms with Crippen LogP contribution in [0.5, 0.6) is 0 Å². The van der Waals surface area contributed by atoms with E-state index < -0.39 is 0 Å². The molecule has 1 N–H and O–H groups in total. The number of aryl methyl sites for hydroxylation is 1. The van der Waals surface area contributed by atoms with Crippen LogP contribution >= 0.6 is 0 Å². The summed E-state index contributed by atoms with van der Waals surface area (Å²) in [6.07, 6.45) is 8.15. The quantitative estimate of drug-likeness (QED) is 0.723. The maximum atomic E-state index is 4.00. The smallest absolute Gasteiger partial charge is 0.0945 e. The summed E-state index contributed by atoms with van der Waals surface area (Å²) in [7, 11) is 0. The molecule has 1 aromatic rings. The fourth-order valence-electron chi connectivity index (χ4n) is 1.45. The van der Waals surface area contributed by atoms with Gasteiger partial charge in [-0.25, -0.2) is 4.98 Å². The minimum atomic E-state index is 0.633. The summed E-state index contributed by atoms with van der Waals surface area (Å²) < 4.78 is 2.12. The van der Waals surface area contributed by atoms with Crippen LogP contribution in [0.1, 0.15) is 26.7 Å². The Morgan fingerprint density at radius 3 is 3.00 bits per heavy atom. The van der Waals surface area contributed by atoms with E-state index in [1.54, 1.807) is 0 Å². The molecule has 1 aromatic heterocycles. The molecule has 0 saturated heterocycles. The highest BCUT2D eigenvalue weighted by Gasteiger charge is 1.98. The molecule has 0 aliphatic rings. The molecule has 74 valence electrons. The van der Waals surface area contributed by atoms with E-state index in [9.17, 15) is 0 Å². The fraction of sp³-hybridized carbons (Fsp3) is 0.700. The summed E-state index contributed by atoms with van der Waals surface area (Å²) in [4.78, 5) is 4.00. The van der Waals surface area contributed by atoms with E-state index >= 15 is 0 Å². The summed E-state index contributed by atoms with van der Waals surface area (Å²) in [6.45, 7) is 6.52. The second-order valence-corrected chi connectivity index (χ2v) is 3.40. The second-order valence-electron chi connectivity index (χ2n) is 3.40. The largest absolute Gasteiger partial charge is 0.337 e. The Kier molecular flexibility index (Phi) is 4.54. The molecular formula is C10H19N3. The Balaban J connectivity index is 2.07. The van der Waals surface area contributed by atoms with Gasteiger partial charge < -0.3 is 9.88 Å². The normalized spacial score (nSPS) is 13.1. The van der Waals surface area contributed by atoms with E-state index in [-0.39, 0.29) is 0 Å². The fourth-order valence-corrected chi connectivity index (χ4v) is 1.45. The zero-order valence-corrected chi connectivity index (χ0v) is 8.53. The van der Waals surface area contributed by atoms with Crippen LogP contribution in [0.4, 0.5) is 0 Å². The summed E-state index contributed by atoms with van der Waals surface area (Å²) in [5.74, 6) is 0. The van der Waals surface area contributed by atoms with Crippen molar-refractivity contribution >= 4 is 0 Å². The molecule has 0 spiro atoms. The van der Waals surface area contributed by atoms with Crippen molar-refractivity contribution in [2.24, 2.45) is 0 Å². The number of imidazole rings is 1. The van der Waals surface area contributed by atoms with Crippen molar-refractivity contribution in [3.8, 4) is 0 Å². The Labute approximate surface area is 80.2 Å². The summed E-state index contributed by atoms with van der Waals surface area (Å²) in [6, 6.07) is 0.633. The van der Waals surface area contributed by atoms with Gasteiger partial charge >= 0.3 is 0 Å². The second kappa shape index (κ2) is 5.75. The van der Waals surface area contributed by atoms with Crippen LogP contribution in [0, 0.1) is 0 Å². The van der Waals surface area contributed by atoms with Crippen molar-refractivity contribution in [3.63, 3.8) is 0 Å². The van der Waals surface area contributed by atoms with Crippen molar-refractivity contribution in [3.05, 3.63) is 18.7 Å². The lowest BCUT2D eigenvalue weighted by molar-refractivity contribution is 0.486.